The average molecular weight is 288 g/mol. The molecule has 8 heteroatoms. The molecule has 0 radical (unpaired) electrons. The van der Waals surface area contributed by atoms with E-state index in [-0.39, 0.29) is 12.4 Å². The lowest BCUT2D eigenvalue weighted by Gasteiger charge is -2.17. The van der Waals surface area contributed by atoms with E-state index >= 15 is 0 Å². The van der Waals surface area contributed by atoms with Gasteiger partial charge in [0.2, 0.25) is 0 Å². The molecule has 0 saturated heterocycles. The van der Waals surface area contributed by atoms with Gasteiger partial charge in [-0.1, -0.05) is 12.1 Å². The van der Waals surface area contributed by atoms with Crippen molar-refractivity contribution in [2.75, 3.05) is 7.11 Å². The van der Waals surface area contributed by atoms with E-state index in [1.807, 2.05) is 0 Å². The maximum absolute atomic E-state index is 13.1. The smallest absolute Gasteiger partial charge is 0.419 e. The van der Waals surface area contributed by atoms with Gasteiger partial charge in [0.05, 0.1) is 12.7 Å². The van der Waals surface area contributed by atoms with Gasteiger partial charge in [-0.05, 0) is 11.6 Å². The largest absolute Gasteiger partial charge is 0.468 e. The number of benzene rings is 1. The van der Waals surface area contributed by atoms with Crippen molar-refractivity contribution in [1.82, 2.24) is 0 Å². The van der Waals surface area contributed by atoms with Crippen LogP contribution in [0.4, 0.5) is 17.6 Å². The molecule has 0 spiro atoms. The van der Waals surface area contributed by atoms with Gasteiger partial charge in [-0.25, -0.2) is 4.39 Å². The van der Waals surface area contributed by atoms with Crippen molar-refractivity contribution in [3.8, 4) is 0 Å². The van der Waals surface area contributed by atoms with Crippen molar-refractivity contribution in [1.29, 1.82) is 0 Å². The van der Waals surface area contributed by atoms with Crippen molar-refractivity contribution in [2.24, 2.45) is 5.73 Å². The number of carbonyl (C=O) groups excluding carboxylic acids is 1. The molecule has 102 valence electrons. The van der Waals surface area contributed by atoms with Gasteiger partial charge in [0.15, 0.2) is 0 Å². The summed E-state index contributed by atoms with van der Waals surface area (Å²) in [5.41, 5.74) is 3.08. The predicted octanol–water partition coefficient (Wildman–Crippen LogP) is 2.44. The lowest BCUT2D eigenvalue weighted by atomic mass is 10.00. The summed E-state index contributed by atoms with van der Waals surface area (Å²) >= 11 is 0. The first-order chi connectivity index (χ1) is 7.79. The highest BCUT2D eigenvalue weighted by atomic mass is 35.5. The highest BCUT2D eigenvalue weighted by Crippen LogP contribution is 2.36. The third-order valence-corrected chi connectivity index (χ3v) is 2.12. The number of methoxy groups -OCH3 is 1. The van der Waals surface area contributed by atoms with Gasteiger partial charge >= 0.3 is 12.1 Å². The molecule has 0 aliphatic carbocycles. The van der Waals surface area contributed by atoms with Crippen LogP contribution in [0.1, 0.15) is 17.2 Å². The van der Waals surface area contributed by atoms with Crippen LogP contribution in [0.3, 0.4) is 0 Å². The van der Waals surface area contributed by atoms with Gasteiger partial charge in [-0.2, -0.15) is 13.2 Å². The quantitative estimate of drug-likeness (QED) is 0.671. The van der Waals surface area contributed by atoms with Crippen LogP contribution in [0, 0.1) is 5.82 Å². The van der Waals surface area contributed by atoms with E-state index in [1.54, 1.807) is 0 Å². The van der Waals surface area contributed by atoms with Crippen molar-refractivity contribution in [3.63, 3.8) is 0 Å². The van der Waals surface area contributed by atoms with Crippen LogP contribution in [-0.4, -0.2) is 13.1 Å². The topological polar surface area (TPSA) is 52.3 Å². The van der Waals surface area contributed by atoms with Crippen LogP contribution in [0.25, 0.3) is 0 Å². The molecule has 0 aromatic heterocycles. The summed E-state index contributed by atoms with van der Waals surface area (Å²) in [4.78, 5) is 11.1. The SMILES string of the molecule is COC(=O)[C@@H](N)c1cccc(F)c1C(F)(F)F.Cl. The molecule has 0 amide bonds. The predicted molar refractivity (Wildman–Crippen MR) is 57.6 cm³/mol. The highest BCUT2D eigenvalue weighted by molar-refractivity contribution is 5.85. The summed E-state index contributed by atoms with van der Waals surface area (Å²) in [6.45, 7) is 0. The molecule has 0 bridgehead atoms. The number of carbonyl (C=O) groups is 1. The molecule has 1 aromatic carbocycles. The zero-order chi connectivity index (χ0) is 13.2. The van der Waals surface area contributed by atoms with Crippen molar-refractivity contribution < 1.29 is 27.1 Å². The molecule has 1 rings (SSSR count). The third-order valence-electron chi connectivity index (χ3n) is 2.12. The van der Waals surface area contributed by atoms with E-state index in [0.717, 1.165) is 19.2 Å². The van der Waals surface area contributed by atoms with Crippen LogP contribution < -0.4 is 5.73 Å². The first kappa shape index (κ1) is 16.7. The lowest BCUT2D eigenvalue weighted by molar-refractivity contribution is -0.144. The maximum atomic E-state index is 13.1. The monoisotopic (exact) mass is 287 g/mol. The van der Waals surface area contributed by atoms with Crippen molar-refractivity contribution in [2.45, 2.75) is 12.2 Å². The Kier molecular flexibility index (Phi) is 5.56. The summed E-state index contributed by atoms with van der Waals surface area (Å²) in [6.07, 6.45) is -4.92. The molecular weight excluding hydrogens is 278 g/mol. The molecule has 1 aromatic rings. The number of ether oxygens (including phenoxy) is 1. The summed E-state index contributed by atoms with van der Waals surface area (Å²) < 4.78 is 55.1. The summed E-state index contributed by atoms with van der Waals surface area (Å²) in [6, 6.07) is 0.958. The normalized spacial score (nSPS) is 12.6. The number of halogens is 5. The Labute approximate surface area is 106 Å². The lowest BCUT2D eigenvalue weighted by Crippen LogP contribution is -2.26. The minimum absolute atomic E-state index is 0. The molecule has 0 aliphatic heterocycles. The van der Waals surface area contributed by atoms with Crippen LogP contribution in [0.2, 0.25) is 0 Å². The summed E-state index contributed by atoms with van der Waals surface area (Å²) in [7, 11) is 0.981. The summed E-state index contributed by atoms with van der Waals surface area (Å²) in [5, 5.41) is 0. The van der Waals surface area contributed by atoms with Gasteiger partial charge in [-0.15, -0.1) is 12.4 Å². The number of alkyl halides is 3. The van der Waals surface area contributed by atoms with E-state index in [0.29, 0.717) is 6.07 Å². The zero-order valence-electron chi connectivity index (χ0n) is 9.12. The van der Waals surface area contributed by atoms with Gasteiger partial charge in [-0.3, -0.25) is 4.79 Å². The third kappa shape index (κ3) is 3.33. The fourth-order valence-electron chi connectivity index (χ4n) is 1.35. The molecular formula is C10H10ClF4NO2. The fourth-order valence-corrected chi connectivity index (χ4v) is 1.35. The molecule has 0 aliphatic rings. The highest BCUT2D eigenvalue weighted by Gasteiger charge is 2.39. The van der Waals surface area contributed by atoms with E-state index in [1.165, 1.54) is 0 Å². The van der Waals surface area contributed by atoms with E-state index in [2.05, 4.69) is 4.74 Å². The molecule has 0 fully saturated rings. The second-order valence-corrected chi connectivity index (χ2v) is 3.20. The van der Waals surface area contributed by atoms with Gasteiger partial charge < -0.3 is 10.5 Å². The first-order valence-electron chi connectivity index (χ1n) is 4.48. The standard InChI is InChI=1S/C10H9F4NO2.ClH/c1-17-9(16)8(15)5-3-2-4-6(11)7(5)10(12,13)14;/h2-4,8H,15H2,1H3;1H/t8-;/m0./s1. The fraction of sp³-hybridized carbons (Fsp3) is 0.300. The van der Waals surface area contributed by atoms with Gasteiger partial charge in [0, 0.05) is 0 Å². The average Bonchev–Trinajstić information content (AvgIpc) is 2.24. The van der Waals surface area contributed by atoms with Crippen LogP contribution >= 0.6 is 12.4 Å². The Hall–Kier alpha value is -1.34. The molecule has 1 atom stereocenters. The molecule has 0 unspecified atom stereocenters. The Morgan fingerprint density at radius 3 is 2.39 bits per heavy atom. The van der Waals surface area contributed by atoms with Crippen molar-refractivity contribution >= 4 is 18.4 Å². The molecule has 2 N–H and O–H groups in total. The van der Waals surface area contributed by atoms with Crippen LogP contribution in [0.5, 0.6) is 0 Å². The second kappa shape index (κ2) is 6.01. The van der Waals surface area contributed by atoms with E-state index < -0.39 is 35.1 Å². The number of nitrogens with two attached hydrogens (primary N) is 1. The second-order valence-electron chi connectivity index (χ2n) is 3.20. The minimum atomic E-state index is -4.92. The molecule has 3 nitrogen and oxygen atoms in total. The maximum Gasteiger partial charge on any atom is 0.419 e. The van der Waals surface area contributed by atoms with E-state index in [9.17, 15) is 22.4 Å². The molecule has 18 heavy (non-hydrogen) atoms. The van der Waals surface area contributed by atoms with E-state index in [4.69, 9.17) is 5.73 Å². The number of esters is 1. The van der Waals surface area contributed by atoms with Crippen LogP contribution in [-0.2, 0) is 15.7 Å². The Morgan fingerprint density at radius 2 is 1.94 bits per heavy atom. The van der Waals surface area contributed by atoms with Gasteiger partial charge in [0.1, 0.15) is 11.9 Å². The molecule has 0 saturated carbocycles. The number of hydrogen-bond donors (Lipinski definition) is 1. The van der Waals surface area contributed by atoms with Gasteiger partial charge in [0.25, 0.3) is 0 Å². The van der Waals surface area contributed by atoms with Crippen molar-refractivity contribution in [3.05, 3.63) is 35.1 Å². The Morgan fingerprint density at radius 1 is 1.39 bits per heavy atom. The zero-order valence-corrected chi connectivity index (χ0v) is 9.94. The summed E-state index contributed by atoms with van der Waals surface area (Å²) in [5.74, 6) is -2.55. The Bertz CT molecular complexity index is 436. The molecule has 0 heterocycles. The van der Waals surface area contributed by atoms with Crippen LogP contribution in [0.15, 0.2) is 18.2 Å². The number of rotatable bonds is 2. The first-order valence-corrected chi connectivity index (χ1v) is 4.48. The Balaban J connectivity index is 0.00000289. The number of hydrogen-bond acceptors (Lipinski definition) is 3. The minimum Gasteiger partial charge on any atom is -0.468 e.